The van der Waals surface area contributed by atoms with E-state index in [4.69, 9.17) is 10.5 Å². The number of halogens is 1. The maximum absolute atomic E-state index is 14.2. The number of anilines is 1. The monoisotopic (exact) mass is 271 g/mol. The number of nitrogens with zero attached hydrogens (tertiary/aromatic N) is 2. The Bertz CT molecular complexity index is 795. The Morgan fingerprint density at radius 3 is 2.70 bits per heavy atom. The zero-order chi connectivity index (χ0) is 14.3. The molecule has 0 amide bonds. The fourth-order valence-electron chi connectivity index (χ4n) is 2.25. The molecule has 0 spiro atoms. The van der Waals surface area contributed by atoms with E-state index in [0.717, 1.165) is 5.56 Å². The van der Waals surface area contributed by atoms with Gasteiger partial charge >= 0.3 is 0 Å². The number of methoxy groups -OCH3 is 1. The third-order valence-electron chi connectivity index (χ3n) is 3.23. The van der Waals surface area contributed by atoms with Gasteiger partial charge in [-0.15, -0.1) is 0 Å². The van der Waals surface area contributed by atoms with E-state index >= 15 is 0 Å². The van der Waals surface area contributed by atoms with E-state index in [1.807, 2.05) is 13.0 Å². The van der Waals surface area contributed by atoms with Gasteiger partial charge in [-0.05, 0) is 36.8 Å². The summed E-state index contributed by atoms with van der Waals surface area (Å²) in [4.78, 5) is 4.25. The van der Waals surface area contributed by atoms with Crippen molar-refractivity contribution in [3.8, 4) is 11.4 Å². The Morgan fingerprint density at radius 1 is 1.20 bits per heavy atom. The third-order valence-corrected chi connectivity index (χ3v) is 3.23. The fraction of sp³-hybridized carbons (Fsp3) is 0.133. The zero-order valence-electron chi connectivity index (χ0n) is 11.2. The van der Waals surface area contributed by atoms with Gasteiger partial charge in [0.15, 0.2) is 0 Å². The predicted octanol–water partition coefficient (Wildman–Crippen LogP) is 3.06. The highest BCUT2D eigenvalue weighted by Gasteiger charge is 2.14. The lowest BCUT2D eigenvalue weighted by Gasteiger charge is -2.09. The normalized spacial score (nSPS) is 10.9. The van der Waals surface area contributed by atoms with Crippen molar-refractivity contribution in [2.24, 2.45) is 0 Å². The summed E-state index contributed by atoms with van der Waals surface area (Å²) in [7, 11) is 1.58. The number of nitrogen functional groups attached to an aromatic ring is 1. The molecule has 0 atom stereocenters. The topological polar surface area (TPSA) is 53.1 Å². The van der Waals surface area contributed by atoms with E-state index in [-0.39, 0.29) is 11.8 Å². The second-order valence-electron chi connectivity index (χ2n) is 4.61. The minimum atomic E-state index is -0.334. The van der Waals surface area contributed by atoms with Crippen LogP contribution in [0.4, 0.5) is 10.3 Å². The third kappa shape index (κ3) is 1.87. The lowest BCUT2D eigenvalue weighted by atomic mass is 10.2. The highest BCUT2D eigenvalue weighted by Crippen LogP contribution is 2.28. The number of aromatic nitrogens is 2. The van der Waals surface area contributed by atoms with Gasteiger partial charge in [-0.25, -0.2) is 9.37 Å². The molecule has 1 aromatic heterocycles. The SMILES string of the molecule is COc1ccc2nc(N)n(-c3ccc(C)cc3F)c2c1. The summed E-state index contributed by atoms with van der Waals surface area (Å²) < 4.78 is 21.0. The number of hydrogen-bond acceptors (Lipinski definition) is 3. The van der Waals surface area contributed by atoms with Gasteiger partial charge in [0.25, 0.3) is 0 Å². The van der Waals surface area contributed by atoms with E-state index in [0.29, 0.717) is 22.5 Å². The second-order valence-corrected chi connectivity index (χ2v) is 4.61. The molecule has 3 aromatic rings. The number of rotatable bonds is 2. The number of benzene rings is 2. The fourth-order valence-corrected chi connectivity index (χ4v) is 2.25. The average molecular weight is 271 g/mol. The molecule has 0 fully saturated rings. The van der Waals surface area contributed by atoms with Crippen molar-refractivity contribution < 1.29 is 9.13 Å². The lowest BCUT2D eigenvalue weighted by Crippen LogP contribution is -2.03. The molecule has 2 aromatic carbocycles. The maximum Gasteiger partial charge on any atom is 0.206 e. The van der Waals surface area contributed by atoms with Crippen LogP contribution in [0, 0.1) is 12.7 Å². The number of hydrogen-bond donors (Lipinski definition) is 1. The van der Waals surface area contributed by atoms with Crippen molar-refractivity contribution >= 4 is 17.0 Å². The summed E-state index contributed by atoms with van der Waals surface area (Å²) in [6.45, 7) is 1.84. The van der Waals surface area contributed by atoms with E-state index in [1.54, 1.807) is 35.9 Å². The molecule has 20 heavy (non-hydrogen) atoms. The molecular formula is C15H14FN3O. The molecule has 2 N–H and O–H groups in total. The van der Waals surface area contributed by atoms with Crippen molar-refractivity contribution in [3.63, 3.8) is 0 Å². The van der Waals surface area contributed by atoms with E-state index in [1.165, 1.54) is 6.07 Å². The summed E-state index contributed by atoms with van der Waals surface area (Å²) in [5.41, 5.74) is 8.57. The predicted molar refractivity (Wildman–Crippen MR) is 76.7 cm³/mol. The minimum absolute atomic E-state index is 0.246. The number of imidazole rings is 1. The van der Waals surface area contributed by atoms with Crippen LogP contribution in [-0.2, 0) is 0 Å². The van der Waals surface area contributed by atoms with Crippen molar-refractivity contribution in [3.05, 3.63) is 47.8 Å². The molecule has 0 radical (unpaired) electrons. The maximum atomic E-state index is 14.2. The lowest BCUT2D eigenvalue weighted by molar-refractivity contribution is 0.415. The highest BCUT2D eigenvalue weighted by molar-refractivity contribution is 5.82. The van der Waals surface area contributed by atoms with Crippen LogP contribution < -0.4 is 10.5 Å². The van der Waals surface area contributed by atoms with Gasteiger partial charge in [0, 0.05) is 6.07 Å². The molecule has 4 nitrogen and oxygen atoms in total. The molecule has 0 bridgehead atoms. The molecule has 0 aliphatic carbocycles. The summed E-state index contributed by atoms with van der Waals surface area (Å²) in [5, 5.41) is 0. The first-order valence-corrected chi connectivity index (χ1v) is 6.18. The standard InChI is InChI=1S/C15H14FN3O/c1-9-3-6-13(11(16)7-9)19-14-8-10(20-2)4-5-12(14)18-15(19)17/h3-8H,1-2H3,(H2,17,18). The van der Waals surface area contributed by atoms with Crippen LogP contribution in [0.1, 0.15) is 5.56 Å². The van der Waals surface area contributed by atoms with Crippen LogP contribution in [0.3, 0.4) is 0 Å². The molecular weight excluding hydrogens is 257 g/mol. The van der Waals surface area contributed by atoms with Gasteiger partial charge in [-0.1, -0.05) is 6.07 Å². The molecule has 102 valence electrons. The van der Waals surface area contributed by atoms with Gasteiger partial charge in [-0.2, -0.15) is 0 Å². The molecule has 0 aliphatic heterocycles. The molecule has 5 heteroatoms. The van der Waals surface area contributed by atoms with Gasteiger partial charge in [-0.3, -0.25) is 4.57 Å². The van der Waals surface area contributed by atoms with Gasteiger partial charge in [0.2, 0.25) is 5.95 Å². The minimum Gasteiger partial charge on any atom is -0.497 e. The first-order valence-electron chi connectivity index (χ1n) is 6.18. The number of aryl methyl sites for hydroxylation is 1. The summed E-state index contributed by atoms with van der Waals surface area (Å²) >= 11 is 0. The van der Waals surface area contributed by atoms with Crippen LogP contribution >= 0.6 is 0 Å². The molecule has 0 unspecified atom stereocenters. The first kappa shape index (κ1) is 12.5. The second kappa shape index (κ2) is 4.52. The Kier molecular flexibility index (Phi) is 2.82. The largest absolute Gasteiger partial charge is 0.497 e. The summed E-state index contributed by atoms with van der Waals surface area (Å²) in [6.07, 6.45) is 0. The Balaban J connectivity index is 2.31. The molecule has 0 saturated carbocycles. The highest BCUT2D eigenvalue weighted by atomic mass is 19.1. The van der Waals surface area contributed by atoms with E-state index in [2.05, 4.69) is 4.98 Å². The van der Waals surface area contributed by atoms with E-state index in [9.17, 15) is 4.39 Å². The number of fused-ring (bicyclic) bond motifs is 1. The van der Waals surface area contributed by atoms with Crippen LogP contribution in [-0.4, -0.2) is 16.7 Å². The van der Waals surface area contributed by atoms with Crippen LogP contribution in [0.25, 0.3) is 16.7 Å². The van der Waals surface area contributed by atoms with Gasteiger partial charge < -0.3 is 10.5 Å². The van der Waals surface area contributed by atoms with Crippen molar-refractivity contribution in [2.75, 3.05) is 12.8 Å². The number of ether oxygens (including phenoxy) is 1. The Hall–Kier alpha value is -2.56. The van der Waals surface area contributed by atoms with E-state index < -0.39 is 0 Å². The summed E-state index contributed by atoms with van der Waals surface area (Å²) in [6, 6.07) is 10.4. The first-order chi connectivity index (χ1) is 9.60. The smallest absolute Gasteiger partial charge is 0.206 e. The van der Waals surface area contributed by atoms with Crippen LogP contribution in [0.15, 0.2) is 36.4 Å². The summed E-state index contributed by atoms with van der Waals surface area (Å²) in [5.74, 6) is 0.584. The van der Waals surface area contributed by atoms with Crippen molar-refractivity contribution in [2.45, 2.75) is 6.92 Å². The van der Waals surface area contributed by atoms with Gasteiger partial charge in [0.1, 0.15) is 11.6 Å². The average Bonchev–Trinajstić information content (AvgIpc) is 2.74. The zero-order valence-corrected chi connectivity index (χ0v) is 11.2. The number of nitrogens with two attached hydrogens (primary N) is 1. The molecule has 0 saturated heterocycles. The van der Waals surface area contributed by atoms with Gasteiger partial charge in [0.05, 0.1) is 23.8 Å². The Labute approximate surface area is 115 Å². The van der Waals surface area contributed by atoms with Crippen LogP contribution in [0.5, 0.6) is 5.75 Å². The van der Waals surface area contributed by atoms with Crippen molar-refractivity contribution in [1.82, 2.24) is 9.55 Å². The van der Waals surface area contributed by atoms with Crippen molar-refractivity contribution in [1.29, 1.82) is 0 Å². The van der Waals surface area contributed by atoms with Crippen LogP contribution in [0.2, 0.25) is 0 Å². The molecule has 0 aliphatic rings. The Morgan fingerprint density at radius 2 is 2.00 bits per heavy atom. The molecule has 3 rings (SSSR count). The quantitative estimate of drug-likeness (QED) is 0.779. The molecule has 1 heterocycles.